The van der Waals surface area contributed by atoms with Crippen LogP contribution in [-0.4, -0.2) is 22.6 Å². The third-order valence-electron chi connectivity index (χ3n) is 4.21. The van der Waals surface area contributed by atoms with Gasteiger partial charge in [0.1, 0.15) is 5.82 Å². The summed E-state index contributed by atoms with van der Waals surface area (Å²) in [5.41, 5.74) is 1.60. The van der Waals surface area contributed by atoms with Gasteiger partial charge in [-0.1, -0.05) is 47.6 Å². The first-order valence-corrected chi connectivity index (χ1v) is 9.10. The molecule has 6 heteroatoms. The summed E-state index contributed by atoms with van der Waals surface area (Å²) in [7, 11) is 0. The second kappa shape index (κ2) is 9.62. The van der Waals surface area contributed by atoms with E-state index in [1.807, 2.05) is 18.2 Å². The number of carbonyl (C=O) groups excluding carboxylic acids is 1. The molecule has 0 fully saturated rings. The molecule has 3 rings (SSSR count). The quantitative estimate of drug-likeness (QED) is 0.582. The number of hydrogen-bond donors (Lipinski definition) is 1. The van der Waals surface area contributed by atoms with Crippen LogP contribution in [0.1, 0.15) is 30.7 Å². The zero-order chi connectivity index (χ0) is 18.9. The predicted octanol–water partition coefficient (Wildman–Crippen LogP) is 3.95. The van der Waals surface area contributed by atoms with Crippen molar-refractivity contribution in [1.82, 2.24) is 15.5 Å². The van der Waals surface area contributed by atoms with Gasteiger partial charge in [0.15, 0.2) is 0 Å². The zero-order valence-corrected chi connectivity index (χ0v) is 15.0. The van der Waals surface area contributed by atoms with Crippen molar-refractivity contribution in [3.8, 4) is 11.4 Å². The smallest absolute Gasteiger partial charge is 0.227 e. The van der Waals surface area contributed by atoms with Gasteiger partial charge in [-0.05, 0) is 37.0 Å². The van der Waals surface area contributed by atoms with Crippen LogP contribution in [0.5, 0.6) is 0 Å². The first kappa shape index (κ1) is 18.8. The Bertz CT molecular complexity index is 865. The fourth-order valence-corrected chi connectivity index (χ4v) is 2.74. The van der Waals surface area contributed by atoms with Gasteiger partial charge in [0, 0.05) is 19.4 Å². The molecule has 0 aliphatic heterocycles. The minimum atomic E-state index is -0.405. The molecule has 0 aliphatic carbocycles. The summed E-state index contributed by atoms with van der Waals surface area (Å²) >= 11 is 0. The minimum absolute atomic E-state index is 0.0552. The number of carbonyl (C=O) groups is 1. The molecule has 3 aromatic rings. The van der Waals surface area contributed by atoms with Gasteiger partial charge in [0.05, 0.1) is 5.56 Å². The molecule has 0 saturated carbocycles. The van der Waals surface area contributed by atoms with E-state index in [2.05, 4.69) is 27.6 Å². The van der Waals surface area contributed by atoms with Gasteiger partial charge < -0.3 is 9.84 Å². The zero-order valence-electron chi connectivity index (χ0n) is 15.0. The highest BCUT2D eigenvalue weighted by Gasteiger charge is 2.13. The van der Waals surface area contributed by atoms with Crippen LogP contribution in [0.3, 0.4) is 0 Å². The maximum atomic E-state index is 13.7. The molecular weight excluding hydrogens is 345 g/mol. The van der Waals surface area contributed by atoms with Crippen molar-refractivity contribution in [1.29, 1.82) is 0 Å². The van der Waals surface area contributed by atoms with E-state index in [9.17, 15) is 9.18 Å². The number of nitrogens with zero attached hydrogens (tertiary/aromatic N) is 2. The Balaban J connectivity index is 1.35. The van der Waals surface area contributed by atoms with E-state index >= 15 is 0 Å². The number of benzene rings is 2. The number of amides is 1. The number of nitrogens with one attached hydrogen (secondary N) is 1. The SMILES string of the molecule is O=C(CCc1nc(-c2ccccc2F)no1)NCCCCc1ccccc1. The van der Waals surface area contributed by atoms with E-state index in [0.29, 0.717) is 18.9 Å². The van der Waals surface area contributed by atoms with E-state index < -0.39 is 5.82 Å². The Labute approximate surface area is 157 Å². The van der Waals surface area contributed by atoms with Gasteiger partial charge in [-0.2, -0.15) is 4.98 Å². The van der Waals surface area contributed by atoms with E-state index in [1.54, 1.807) is 18.2 Å². The Morgan fingerprint density at radius 3 is 2.59 bits per heavy atom. The van der Waals surface area contributed by atoms with Crippen LogP contribution >= 0.6 is 0 Å². The van der Waals surface area contributed by atoms with Crippen LogP contribution in [0, 0.1) is 5.82 Å². The number of halogens is 1. The Morgan fingerprint density at radius 1 is 1.00 bits per heavy atom. The van der Waals surface area contributed by atoms with Gasteiger partial charge in [0.2, 0.25) is 17.6 Å². The lowest BCUT2D eigenvalue weighted by Gasteiger charge is -2.04. The van der Waals surface area contributed by atoms with Crippen molar-refractivity contribution in [2.24, 2.45) is 0 Å². The number of hydrogen-bond acceptors (Lipinski definition) is 4. The summed E-state index contributed by atoms with van der Waals surface area (Å²) in [6.07, 6.45) is 3.56. The minimum Gasteiger partial charge on any atom is -0.356 e. The van der Waals surface area contributed by atoms with Crippen LogP contribution in [0.25, 0.3) is 11.4 Å². The molecule has 1 N–H and O–H groups in total. The predicted molar refractivity (Wildman–Crippen MR) is 100 cm³/mol. The lowest BCUT2D eigenvalue weighted by Crippen LogP contribution is -2.24. The van der Waals surface area contributed by atoms with E-state index in [0.717, 1.165) is 19.3 Å². The fourth-order valence-electron chi connectivity index (χ4n) is 2.74. The molecular formula is C21H22FN3O2. The van der Waals surface area contributed by atoms with Crippen LogP contribution in [0.4, 0.5) is 4.39 Å². The standard InChI is InChI=1S/C21H22FN3O2/c22-18-12-5-4-11-17(18)21-24-20(27-25-21)14-13-19(26)23-15-7-6-10-16-8-2-1-3-9-16/h1-5,8-9,11-12H,6-7,10,13-15H2,(H,23,26). The topological polar surface area (TPSA) is 68.0 Å². The lowest BCUT2D eigenvalue weighted by atomic mass is 10.1. The molecule has 5 nitrogen and oxygen atoms in total. The van der Waals surface area contributed by atoms with Gasteiger partial charge in [-0.25, -0.2) is 4.39 Å². The molecule has 1 aromatic heterocycles. The second-order valence-corrected chi connectivity index (χ2v) is 6.28. The lowest BCUT2D eigenvalue weighted by molar-refractivity contribution is -0.121. The molecule has 0 bridgehead atoms. The summed E-state index contributed by atoms with van der Waals surface area (Å²) in [5.74, 6) is 0.0651. The number of aromatic nitrogens is 2. The van der Waals surface area contributed by atoms with Gasteiger partial charge >= 0.3 is 0 Å². The molecule has 140 valence electrons. The van der Waals surface area contributed by atoms with Gasteiger partial charge in [-0.15, -0.1) is 0 Å². The summed E-state index contributed by atoms with van der Waals surface area (Å²) in [6, 6.07) is 16.5. The van der Waals surface area contributed by atoms with Crippen molar-refractivity contribution in [2.75, 3.05) is 6.54 Å². The van der Waals surface area contributed by atoms with Crippen molar-refractivity contribution in [2.45, 2.75) is 32.1 Å². The van der Waals surface area contributed by atoms with Gasteiger partial charge in [0.25, 0.3) is 0 Å². The molecule has 0 radical (unpaired) electrons. The molecule has 1 heterocycles. The van der Waals surface area contributed by atoms with Crippen molar-refractivity contribution < 1.29 is 13.7 Å². The van der Waals surface area contributed by atoms with Crippen LogP contribution in [0.15, 0.2) is 59.1 Å². The Kier molecular flexibility index (Phi) is 6.68. The molecule has 27 heavy (non-hydrogen) atoms. The molecule has 0 spiro atoms. The molecule has 0 atom stereocenters. The maximum Gasteiger partial charge on any atom is 0.227 e. The Hall–Kier alpha value is -3.02. The van der Waals surface area contributed by atoms with Crippen LogP contribution < -0.4 is 5.32 Å². The second-order valence-electron chi connectivity index (χ2n) is 6.28. The van der Waals surface area contributed by atoms with Crippen molar-refractivity contribution in [3.63, 3.8) is 0 Å². The monoisotopic (exact) mass is 367 g/mol. The number of rotatable bonds is 9. The highest BCUT2D eigenvalue weighted by Crippen LogP contribution is 2.19. The van der Waals surface area contributed by atoms with E-state index in [4.69, 9.17) is 4.52 Å². The van der Waals surface area contributed by atoms with E-state index in [-0.39, 0.29) is 23.7 Å². The summed E-state index contributed by atoms with van der Waals surface area (Å²) in [6.45, 7) is 0.649. The third kappa shape index (κ3) is 5.74. The number of unbranched alkanes of at least 4 members (excludes halogenated alkanes) is 1. The normalized spacial score (nSPS) is 10.7. The first-order valence-electron chi connectivity index (χ1n) is 9.10. The molecule has 0 aliphatic rings. The largest absolute Gasteiger partial charge is 0.356 e. The molecule has 0 saturated heterocycles. The fraction of sp³-hybridized carbons (Fsp3) is 0.286. The highest BCUT2D eigenvalue weighted by molar-refractivity contribution is 5.75. The maximum absolute atomic E-state index is 13.7. The summed E-state index contributed by atoms with van der Waals surface area (Å²) in [4.78, 5) is 16.1. The molecule has 2 aromatic carbocycles. The van der Waals surface area contributed by atoms with Crippen molar-refractivity contribution in [3.05, 3.63) is 71.9 Å². The number of aryl methyl sites for hydroxylation is 2. The van der Waals surface area contributed by atoms with E-state index in [1.165, 1.54) is 11.6 Å². The molecule has 1 amide bonds. The average molecular weight is 367 g/mol. The van der Waals surface area contributed by atoms with Gasteiger partial charge in [-0.3, -0.25) is 4.79 Å². The van der Waals surface area contributed by atoms with Crippen LogP contribution in [-0.2, 0) is 17.6 Å². The first-order chi connectivity index (χ1) is 13.2. The average Bonchev–Trinajstić information content (AvgIpc) is 3.16. The highest BCUT2D eigenvalue weighted by atomic mass is 19.1. The molecule has 0 unspecified atom stereocenters. The Morgan fingerprint density at radius 2 is 1.78 bits per heavy atom. The third-order valence-corrected chi connectivity index (χ3v) is 4.21. The van der Waals surface area contributed by atoms with Crippen LogP contribution in [0.2, 0.25) is 0 Å². The summed E-state index contributed by atoms with van der Waals surface area (Å²) < 4.78 is 18.8. The summed E-state index contributed by atoms with van der Waals surface area (Å²) in [5, 5.41) is 6.68. The van der Waals surface area contributed by atoms with Crippen molar-refractivity contribution >= 4 is 5.91 Å².